The van der Waals surface area contributed by atoms with Crippen LogP contribution in [0.1, 0.15) is 22.6 Å². The third kappa shape index (κ3) is 3.32. The summed E-state index contributed by atoms with van der Waals surface area (Å²) >= 11 is 0. The fraction of sp³-hybridized carbons (Fsp3) is 0.455. The number of carboxylic acid groups (broad SMARTS) is 1. The van der Waals surface area contributed by atoms with E-state index >= 15 is 0 Å². The number of aromatic nitrogens is 1. The molecule has 0 aliphatic heterocycles. The van der Waals surface area contributed by atoms with Gasteiger partial charge in [0.25, 0.3) is 5.91 Å². The van der Waals surface area contributed by atoms with Gasteiger partial charge in [-0.2, -0.15) is 0 Å². The van der Waals surface area contributed by atoms with Crippen LogP contribution in [0, 0.1) is 6.92 Å². The number of nitrogens with zero attached hydrogens (tertiary/aromatic N) is 1. The number of amides is 1. The molecule has 0 aromatic carbocycles. The van der Waals surface area contributed by atoms with Crippen molar-refractivity contribution in [3.05, 3.63) is 23.5 Å². The van der Waals surface area contributed by atoms with Crippen LogP contribution in [0.2, 0.25) is 0 Å². The van der Waals surface area contributed by atoms with Crippen LogP contribution in [0.25, 0.3) is 0 Å². The molecular weight excluding hydrogens is 224 g/mol. The Morgan fingerprint density at radius 3 is 2.59 bits per heavy atom. The summed E-state index contributed by atoms with van der Waals surface area (Å²) in [5.74, 6) is -1.56. The molecule has 1 aromatic heterocycles. The zero-order chi connectivity index (χ0) is 13.0. The Morgan fingerprint density at radius 1 is 1.47 bits per heavy atom. The minimum Gasteiger partial charge on any atom is -0.479 e. The van der Waals surface area contributed by atoms with Crippen LogP contribution in [0.3, 0.4) is 0 Å². The number of aliphatic hydroxyl groups excluding tert-OH is 1. The van der Waals surface area contributed by atoms with Gasteiger partial charge in [0.05, 0.1) is 0 Å². The van der Waals surface area contributed by atoms with Crippen molar-refractivity contribution in [1.82, 2.24) is 9.88 Å². The van der Waals surface area contributed by atoms with Gasteiger partial charge in [0, 0.05) is 25.7 Å². The first kappa shape index (κ1) is 13.2. The minimum absolute atomic E-state index is 0.00945. The average molecular weight is 240 g/mol. The molecule has 0 bridgehead atoms. The van der Waals surface area contributed by atoms with E-state index in [4.69, 9.17) is 10.2 Å². The normalized spacial score (nSPS) is 12.2. The van der Waals surface area contributed by atoms with Gasteiger partial charge < -0.3 is 20.1 Å². The van der Waals surface area contributed by atoms with E-state index in [1.807, 2.05) is 13.0 Å². The molecule has 1 amide bonds. The summed E-state index contributed by atoms with van der Waals surface area (Å²) in [6.45, 7) is 2.00. The number of carbonyl (C=O) groups is 2. The van der Waals surface area contributed by atoms with E-state index in [1.165, 1.54) is 0 Å². The number of aryl methyl sites for hydroxylation is 1. The first-order valence-corrected chi connectivity index (χ1v) is 5.25. The molecule has 1 aromatic rings. The molecule has 0 saturated carbocycles. The summed E-state index contributed by atoms with van der Waals surface area (Å²) in [7, 11) is 1.77. The van der Waals surface area contributed by atoms with E-state index in [0.29, 0.717) is 5.69 Å². The van der Waals surface area contributed by atoms with Crippen molar-refractivity contribution in [2.45, 2.75) is 19.4 Å². The van der Waals surface area contributed by atoms with E-state index in [2.05, 4.69) is 5.32 Å². The highest BCUT2D eigenvalue weighted by Gasteiger charge is 2.14. The van der Waals surface area contributed by atoms with Crippen LogP contribution >= 0.6 is 0 Å². The quantitative estimate of drug-likeness (QED) is 0.670. The third-order valence-corrected chi connectivity index (χ3v) is 2.59. The number of carboxylic acids is 1. The van der Waals surface area contributed by atoms with Crippen molar-refractivity contribution in [2.24, 2.45) is 7.05 Å². The van der Waals surface area contributed by atoms with Gasteiger partial charge in [-0.15, -0.1) is 0 Å². The van der Waals surface area contributed by atoms with Gasteiger partial charge in [0.15, 0.2) is 6.10 Å². The molecule has 0 unspecified atom stereocenters. The first-order valence-electron chi connectivity index (χ1n) is 5.25. The molecular formula is C11H16N2O4. The Morgan fingerprint density at radius 2 is 2.12 bits per heavy atom. The molecule has 0 aliphatic carbocycles. The van der Waals surface area contributed by atoms with Gasteiger partial charge in [0.2, 0.25) is 0 Å². The van der Waals surface area contributed by atoms with Gasteiger partial charge in [0.1, 0.15) is 5.69 Å². The van der Waals surface area contributed by atoms with Crippen LogP contribution in [-0.4, -0.2) is 39.3 Å². The van der Waals surface area contributed by atoms with Crippen LogP contribution in [0.15, 0.2) is 12.1 Å². The Hall–Kier alpha value is -1.82. The zero-order valence-electron chi connectivity index (χ0n) is 9.80. The van der Waals surface area contributed by atoms with Gasteiger partial charge in [-0.1, -0.05) is 0 Å². The second-order valence-corrected chi connectivity index (χ2v) is 3.82. The number of hydrogen-bond acceptors (Lipinski definition) is 3. The van der Waals surface area contributed by atoms with Crippen LogP contribution < -0.4 is 5.32 Å². The lowest BCUT2D eigenvalue weighted by atomic mass is 10.2. The molecule has 3 N–H and O–H groups in total. The lowest BCUT2D eigenvalue weighted by Gasteiger charge is -2.08. The molecule has 0 fully saturated rings. The Balaban J connectivity index is 2.46. The standard InChI is InChI=1S/C11H16N2O4/c1-7-3-4-8(13(7)2)10(15)12-6-5-9(14)11(16)17/h3-4,9,14H,5-6H2,1-2H3,(H,12,15)(H,16,17)/t9-/m0/s1. The van der Waals surface area contributed by atoms with Crippen molar-refractivity contribution >= 4 is 11.9 Å². The van der Waals surface area contributed by atoms with Crippen molar-refractivity contribution in [3.8, 4) is 0 Å². The molecule has 0 saturated heterocycles. The molecule has 6 nitrogen and oxygen atoms in total. The average Bonchev–Trinajstić information content (AvgIpc) is 2.59. The van der Waals surface area contributed by atoms with E-state index in [1.54, 1.807) is 17.7 Å². The monoisotopic (exact) mass is 240 g/mol. The summed E-state index contributed by atoms with van der Waals surface area (Å²) in [5, 5.41) is 20.0. The Kier molecular flexibility index (Phi) is 4.28. The lowest BCUT2D eigenvalue weighted by Crippen LogP contribution is -2.31. The molecule has 94 valence electrons. The fourth-order valence-corrected chi connectivity index (χ4v) is 1.38. The predicted octanol–water partition coefficient (Wildman–Crippen LogP) is -0.101. The Bertz CT molecular complexity index is 425. The summed E-state index contributed by atoms with van der Waals surface area (Å²) in [5.41, 5.74) is 1.47. The maximum absolute atomic E-state index is 11.7. The summed E-state index contributed by atoms with van der Waals surface area (Å²) in [6, 6.07) is 3.51. The van der Waals surface area contributed by atoms with E-state index < -0.39 is 12.1 Å². The second-order valence-electron chi connectivity index (χ2n) is 3.82. The highest BCUT2D eigenvalue weighted by Crippen LogP contribution is 2.05. The smallest absolute Gasteiger partial charge is 0.332 e. The van der Waals surface area contributed by atoms with Crippen molar-refractivity contribution in [2.75, 3.05) is 6.54 Å². The fourth-order valence-electron chi connectivity index (χ4n) is 1.38. The van der Waals surface area contributed by atoms with E-state index in [0.717, 1.165) is 5.69 Å². The van der Waals surface area contributed by atoms with Crippen LogP contribution in [0.4, 0.5) is 0 Å². The second kappa shape index (κ2) is 5.49. The van der Waals surface area contributed by atoms with E-state index in [9.17, 15) is 9.59 Å². The van der Waals surface area contributed by atoms with Crippen molar-refractivity contribution in [3.63, 3.8) is 0 Å². The summed E-state index contributed by atoms with van der Waals surface area (Å²) in [4.78, 5) is 22.0. The first-order chi connectivity index (χ1) is 7.93. The number of nitrogens with one attached hydrogen (secondary N) is 1. The van der Waals surface area contributed by atoms with Gasteiger partial charge in [-0.25, -0.2) is 4.79 Å². The largest absolute Gasteiger partial charge is 0.479 e. The highest BCUT2D eigenvalue weighted by molar-refractivity contribution is 5.92. The number of carbonyl (C=O) groups excluding carboxylic acids is 1. The molecule has 0 aliphatic rings. The molecule has 6 heteroatoms. The number of rotatable bonds is 5. The predicted molar refractivity (Wildman–Crippen MR) is 60.7 cm³/mol. The SMILES string of the molecule is Cc1ccc(C(=O)NCC[C@H](O)C(=O)O)n1C. The number of aliphatic hydroxyl groups is 1. The number of hydrogen-bond donors (Lipinski definition) is 3. The van der Waals surface area contributed by atoms with Crippen LogP contribution in [-0.2, 0) is 11.8 Å². The topological polar surface area (TPSA) is 91.6 Å². The van der Waals surface area contributed by atoms with E-state index in [-0.39, 0.29) is 18.9 Å². The molecule has 17 heavy (non-hydrogen) atoms. The maximum Gasteiger partial charge on any atom is 0.332 e. The minimum atomic E-state index is -1.44. The zero-order valence-corrected chi connectivity index (χ0v) is 9.80. The molecule has 1 rings (SSSR count). The molecule has 0 spiro atoms. The van der Waals surface area contributed by atoms with Gasteiger partial charge in [-0.3, -0.25) is 4.79 Å². The lowest BCUT2D eigenvalue weighted by molar-refractivity contribution is -0.146. The molecule has 0 radical (unpaired) electrons. The maximum atomic E-state index is 11.7. The van der Waals surface area contributed by atoms with Crippen molar-refractivity contribution < 1.29 is 19.8 Å². The number of aliphatic carboxylic acids is 1. The van der Waals surface area contributed by atoms with Gasteiger partial charge in [-0.05, 0) is 19.1 Å². The van der Waals surface area contributed by atoms with Crippen molar-refractivity contribution in [1.29, 1.82) is 0 Å². The summed E-state index contributed by atoms with van der Waals surface area (Å²) < 4.78 is 1.74. The molecule has 1 atom stereocenters. The third-order valence-electron chi connectivity index (χ3n) is 2.59. The molecule has 1 heterocycles. The highest BCUT2D eigenvalue weighted by atomic mass is 16.4. The van der Waals surface area contributed by atoms with Crippen LogP contribution in [0.5, 0.6) is 0 Å². The summed E-state index contributed by atoms with van der Waals surface area (Å²) in [6.07, 6.45) is -1.45. The Labute approximate surface area is 98.9 Å². The van der Waals surface area contributed by atoms with Gasteiger partial charge >= 0.3 is 5.97 Å².